The van der Waals surface area contributed by atoms with Crippen molar-refractivity contribution in [1.82, 2.24) is 0 Å². The quantitative estimate of drug-likeness (QED) is 0.628. The summed E-state index contributed by atoms with van der Waals surface area (Å²) < 4.78 is 5.56. The summed E-state index contributed by atoms with van der Waals surface area (Å²) in [5, 5.41) is 0. The van der Waals surface area contributed by atoms with E-state index in [9.17, 15) is 4.79 Å². The SMILES string of the molecule is CCCCCCC(=O)C1(OC)C(C)=CC=C1C. The number of ketones is 1. The molecule has 1 rings (SSSR count). The molecule has 1 aliphatic rings. The molecule has 0 atom stereocenters. The van der Waals surface area contributed by atoms with Crippen molar-refractivity contribution in [3.8, 4) is 0 Å². The normalized spacial score (nSPS) is 17.9. The molecule has 0 heterocycles. The number of hydrogen-bond donors (Lipinski definition) is 0. The zero-order valence-corrected chi connectivity index (χ0v) is 11.5. The lowest BCUT2D eigenvalue weighted by atomic mass is 9.84. The van der Waals surface area contributed by atoms with Crippen LogP contribution in [0.25, 0.3) is 0 Å². The van der Waals surface area contributed by atoms with Crippen LogP contribution < -0.4 is 0 Å². The molecule has 2 heteroatoms. The molecule has 0 bridgehead atoms. The Morgan fingerprint density at radius 1 is 1.18 bits per heavy atom. The van der Waals surface area contributed by atoms with Crippen LogP contribution in [0.3, 0.4) is 0 Å². The number of unbranched alkanes of at least 4 members (excludes halogenated alkanes) is 3. The number of carbonyl (C=O) groups is 1. The first-order valence-corrected chi connectivity index (χ1v) is 6.54. The molecular weight excluding hydrogens is 212 g/mol. The highest BCUT2D eigenvalue weighted by molar-refractivity contribution is 5.95. The lowest BCUT2D eigenvalue weighted by Crippen LogP contribution is -2.41. The second kappa shape index (κ2) is 6.15. The van der Waals surface area contributed by atoms with Gasteiger partial charge in [-0.05, 0) is 31.4 Å². The minimum absolute atomic E-state index is 0.205. The van der Waals surface area contributed by atoms with E-state index in [0.717, 1.165) is 24.0 Å². The maximum atomic E-state index is 12.4. The average molecular weight is 236 g/mol. The maximum absolute atomic E-state index is 12.4. The van der Waals surface area contributed by atoms with Crippen LogP contribution in [0, 0.1) is 0 Å². The van der Waals surface area contributed by atoms with Crippen LogP contribution in [0.1, 0.15) is 52.9 Å². The van der Waals surface area contributed by atoms with E-state index in [2.05, 4.69) is 6.92 Å². The summed E-state index contributed by atoms with van der Waals surface area (Å²) in [5.41, 5.74) is 1.27. The molecule has 0 spiro atoms. The number of ether oxygens (including phenoxy) is 1. The third-order valence-electron chi connectivity index (χ3n) is 3.65. The van der Waals surface area contributed by atoms with E-state index in [1.54, 1.807) is 7.11 Å². The summed E-state index contributed by atoms with van der Waals surface area (Å²) in [6.45, 7) is 6.12. The van der Waals surface area contributed by atoms with Gasteiger partial charge in [0, 0.05) is 13.5 Å². The molecule has 0 N–H and O–H groups in total. The van der Waals surface area contributed by atoms with Gasteiger partial charge in [-0.25, -0.2) is 0 Å². The van der Waals surface area contributed by atoms with Crippen LogP contribution in [0.2, 0.25) is 0 Å². The summed E-state index contributed by atoms with van der Waals surface area (Å²) in [5.74, 6) is 0.205. The molecule has 96 valence electrons. The minimum atomic E-state index is -0.758. The molecule has 0 unspecified atom stereocenters. The Morgan fingerprint density at radius 2 is 1.76 bits per heavy atom. The smallest absolute Gasteiger partial charge is 0.173 e. The standard InChI is InChI=1S/C15H24O2/c1-5-6-7-8-9-14(16)15(17-4)12(2)10-11-13(15)3/h10-11H,5-9H2,1-4H3. The first-order chi connectivity index (χ1) is 8.09. The Labute approximate surface area is 105 Å². The van der Waals surface area contributed by atoms with Crippen molar-refractivity contribution < 1.29 is 9.53 Å². The van der Waals surface area contributed by atoms with Gasteiger partial charge in [0.15, 0.2) is 11.4 Å². The van der Waals surface area contributed by atoms with Crippen LogP contribution in [0.15, 0.2) is 23.3 Å². The Kier molecular flexibility index (Phi) is 5.13. The molecule has 0 amide bonds. The fourth-order valence-corrected chi connectivity index (χ4v) is 2.56. The van der Waals surface area contributed by atoms with Gasteiger partial charge in [-0.3, -0.25) is 4.79 Å². The third-order valence-corrected chi connectivity index (χ3v) is 3.65. The molecule has 0 fully saturated rings. The van der Waals surface area contributed by atoms with E-state index < -0.39 is 5.60 Å². The van der Waals surface area contributed by atoms with E-state index in [1.165, 1.54) is 12.8 Å². The van der Waals surface area contributed by atoms with E-state index in [1.807, 2.05) is 26.0 Å². The maximum Gasteiger partial charge on any atom is 0.173 e. The van der Waals surface area contributed by atoms with E-state index in [4.69, 9.17) is 4.74 Å². The molecule has 0 aliphatic heterocycles. The number of methoxy groups -OCH3 is 1. The van der Waals surface area contributed by atoms with Crippen molar-refractivity contribution in [1.29, 1.82) is 0 Å². The molecule has 0 aromatic rings. The van der Waals surface area contributed by atoms with Crippen LogP contribution in [-0.4, -0.2) is 18.5 Å². The van der Waals surface area contributed by atoms with Crippen molar-refractivity contribution in [3.05, 3.63) is 23.3 Å². The number of allylic oxidation sites excluding steroid dienone is 2. The van der Waals surface area contributed by atoms with Crippen molar-refractivity contribution >= 4 is 5.78 Å². The number of carbonyl (C=O) groups excluding carboxylic acids is 1. The number of hydrogen-bond acceptors (Lipinski definition) is 2. The Bertz CT molecular complexity index is 319. The molecule has 0 saturated carbocycles. The van der Waals surface area contributed by atoms with Gasteiger partial charge < -0.3 is 4.74 Å². The predicted octanol–water partition coefficient (Wildman–Crippen LogP) is 3.82. The van der Waals surface area contributed by atoms with Crippen LogP contribution >= 0.6 is 0 Å². The monoisotopic (exact) mass is 236 g/mol. The third kappa shape index (κ3) is 2.68. The molecule has 2 nitrogen and oxygen atoms in total. The van der Waals surface area contributed by atoms with Crippen molar-refractivity contribution in [2.75, 3.05) is 7.11 Å². The predicted molar refractivity (Wildman–Crippen MR) is 71.0 cm³/mol. The van der Waals surface area contributed by atoms with Gasteiger partial charge in [0.2, 0.25) is 0 Å². The second-order valence-electron chi connectivity index (χ2n) is 4.82. The van der Waals surface area contributed by atoms with Crippen LogP contribution in [0.5, 0.6) is 0 Å². The minimum Gasteiger partial charge on any atom is -0.362 e. The van der Waals surface area contributed by atoms with Crippen LogP contribution in [0.4, 0.5) is 0 Å². The topological polar surface area (TPSA) is 26.3 Å². The summed E-state index contributed by atoms with van der Waals surface area (Å²) in [7, 11) is 1.63. The highest BCUT2D eigenvalue weighted by Gasteiger charge is 2.42. The van der Waals surface area contributed by atoms with Gasteiger partial charge >= 0.3 is 0 Å². The van der Waals surface area contributed by atoms with Gasteiger partial charge in [-0.2, -0.15) is 0 Å². The largest absolute Gasteiger partial charge is 0.362 e. The Balaban J connectivity index is 2.65. The fourth-order valence-electron chi connectivity index (χ4n) is 2.56. The molecular formula is C15H24O2. The van der Waals surface area contributed by atoms with Gasteiger partial charge in [-0.1, -0.05) is 38.3 Å². The van der Waals surface area contributed by atoms with E-state index >= 15 is 0 Å². The van der Waals surface area contributed by atoms with Crippen molar-refractivity contribution in [2.24, 2.45) is 0 Å². The van der Waals surface area contributed by atoms with E-state index in [0.29, 0.717) is 6.42 Å². The fraction of sp³-hybridized carbons (Fsp3) is 0.667. The zero-order valence-electron chi connectivity index (χ0n) is 11.5. The molecule has 17 heavy (non-hydrogen) atoms. The zero-order chi connectivity index (χ0) is 12.9. The van der Waals surface area contributed by atoms with E-state index in [-0.39, 0.29) is 5.78 Å². The average Bonchev–Trinajstić information content (AvgIpc) is 2.61. The molecule has 0 aromatic heterocycles. The number of rotatable bonds is 7. The molecule has 0 radical (unpaired) electrons. The van der Waals surface area contributed by atoms with Crippen LogP contribution in [-0.2, 0) is 9.53 Å². The number of Topliss-reactive ketones (excluding diaryl/α,β-unsaturated/α-hetero) is 1. The summed E-state index contributed by atoms with van der Waals surface area (Å²) in [4.78, 5) is 12.4. The van der Waals surface area contributed by atoms with Crippen molar-refractivity contribution in [2.45, 2.75) is 58.5 Å². The highest BCUT2D eigenvalue weighted by Crippen LogP contribution is 2.36. The molecule has 1 aliphatic carbocycles. The molecule has 0 saturated heterocycles. The first-order valence-electron chi connectivity index (χ1n) is 6.54. The lowest BCUT2D eigenvalue weighted by Gasteiger charge is -2.30. The van der Waals surface area contributed by atoms with Crippen molar-refractivity contribution in [3.63, 3.8) is 0 Å². The van der Waals surface area contributed by atoms with Gasteiger partial charge in [0.05, 0.1) is 0 Å². The second-order valence-corrected chi connectivity index (χ2v) is 4.82. The summed E-state index contributed by atoms with van der Waals surface area (Å²) in [6, 6.07) is 0. The van der Waals surface area contributed by atoms with Gasteiger partial charge in [-0.15, -0.1) is 0 Å². The summed E-state index contributed by atoms with van der Waals surface area (Å²) in [6.07, 6.45) is 9.10. The van der Waals surface area contributed by atoms with Gasteiger partial charge in [0.1, 0.15) is 0 Å². The first kappa shape index (κ1) is 14.2. The Hall–Kier alpha value is -0.890. The highest BCUT2D eigenvalue weighted by atomic mass is 16.5. The van der Waals surface area contributed by atoms with Gasteiger partial charge in [0.25, 0.3) is 0 Å². The lowest BCUT2D eigenvalue weighted by molar-refractivity contribution is -0.133. The summed E-state index contributed by atoms with van der Waals surface area (Å²) >= 11 is 0. The molecule has 0 aromatic carbocycles. The Morgan fingerprint density at radius 3 is 2.24 bits per heavy atom.